The van der Waals surface area contributed by atoms with Crippen molar-refractivity contribution in [3.63, 3.8) is 0 Å². The van der Waals surface area contributed by atoms with Crippen LogP contribution >= 0.6 is 0 Å². The molecule has 0 aliphatic carbocycles. The summed E-state index contributed by atoms with van der Waals surface area (Å²) in [7, 11) is 0. The smallest absolute Gasteiger partial charge is 0.410 e. The topological polar surface area (TPSA) is 71.8 Å². The minimum Gasteiger partial charge on any atom is -0.478 e. The zero-order chi connectivity index (χ0) is 18.9. The number of aromatic nitrogens is 1. The fourth-order valence-electron chi connectivity index (χ4n) is 3.49. The van der Waals surface area contributed by atoms with Gasteiger partial charge >= 0.3 is 12.1 Å². The number of amides is 1. The average Bonchev–Trinajstić information content (AvgIpc) is 2.97. The van der Waals surface area contributed by atoms with Crippen LogP contribution in [0, 0.1) is 5.92 Å². The summed E-state index contributed by atoms with van der Waals surface area (Å²) in [5.41, 5.74) is 0.624. The molecule has 140 valence electrons. The van der Waals surface area contributed by atoms with Gasteiger partial charge in [0.1, 0.15) is 5.60 Å². The standard InChI is InChI=1S/C20H26N2O4/c1-20(2,3)26-19(25)21-10-7-14(8-11-21)13-22-12-9-15-5-4-6-16(17(15)22)18(23)24/h4-6,9,12,14H,7-8,10-11,13H2,1-3H3,(H,23,24). The Morgan fingerprint density at radius 3 is 2.50 bits per heavy atom. The van der Waals surface area contributed by atoms with Gasteiger partial charge in [0.15, 0.2) is 0 Å². The van der Waals surface area contributed by atoms with Crippen molar-refractivity contribution in [3.8, 4) is 0 Å². The summed E-state index contributed by atoms with van der Waals surface area (Å²) in [6.07, 6.45) is 3.47. The summed E-state index contributed by atoms with van der Waals surface area (Å²) in [5.74, 6) is -0.499. The molecule has 0 unspecified atom stereocenters. The lowest BCUT2D eigenvalue weighted by Gasteiger charge is -2.33. The van der Waals surface area contributed by atoms with Gasteiger partial charge in [-0.25, -0.2) is 9.59 Å². The molecular weight excluding hydrogens is 332 g/mol. The monoisotopic (exact) mass is 358 g/mol. The van der Waals surface area contributed by atoms with E-state index in [1.54, 1.807) is 17.0 Å². The van der Waals surface area contributed by atoms with Crippen LogP contribution < -0.4 is 0 Å². The number of hydrogen-bond acceptors (Lipinski definition) is 3. The predicted octanol–water partition coefficient (Wildman–Crippen LogP) is 3.99. The Kier molecular flexibility index (Phi) is 4.94. The van der Waals surface area contributed by atoms with Crippen LogP contribution in [-0.4, -0.2) is 45.3 Å². The third-order valence-electron chi connectivity index (χ3n) is 4.74. The molecule has 1 aliphatic heterocycles. The fourth-order valence-corrected chi connectivity index (χ4v) is 3.49. The first kappa shape index (κ1) is 18.3. The molecule has 1 N–H and O–H groups in total. The molecule has 0 spiro atoms. The van der Waals surface area contributed by atoms with Crippen molar-refractivity contribution in [2.45, 2.75) is 45.8 Å². The number of carbonyl (C=O) groups excluding carboxylic acids is 1. The first-order valence-electron chi connectivity index (χ1n) is 9.03. The number of nitrogens with zero attached hydrogens (tertiary/aromatic N) is 2. The maximum Gasteiger partial charge on any atom is 0.410 e. The molecule has 2 heterocycles. The summed E-state index contributed by atoms with van der Waals surface area (Å²) in [5, 5.41) is 10.4. The van der Waals surface area contributed by atoms with Gasteiger partial charge in [0, 0.05) is 31.2 Å². The first-order chi connectivity index (χ1) is 12.2. The lowest BCUT2D eigenvalue weighted by atomic mass is 9.97. The Bertz CT molecular complexity index is 811. The zero-order valence-corrected chi connectivity index (χ0v) is 15.6. The van der Waals surface area contributed by atoms with E-state index in [9.17, 15) is 14.7 Å². The molecule has 1 aromatic carbocycles. The number of ether oxygens (including phenoxy) is 1. The Balaban J connectivity index is 1.66. The van der Waals surface area contributed by atoms with Gasteiger partial charge < -0.3 is 19.3 Å². The summed E-state index contributed by atoms with van der Waals surface area (Å²) >= 11 is 0. The molecule has 1 amide bonds. The minimum absolute atomic E-state index is 0.254. The number of hydrogen-bond donors (Lipinski definition) is 1. The van der Waals surface area contributed by atoms with Gasteiger partial charge in [0.2, 0.25) is 0 Å². The molecule has 1 aromatic heterocycles. The molecule has 1 fully saturated rings. The number of aromatic carboxylic acids is 1. The molecule has 0 saturated carbocycles. The SMILES string of the molecule is CC(C)(C)OC(=O)N1CCC(Cn2ccc3cccc(C(=O)O)c32)CC1. The van der Waals surface area contributed by atoms with Gasteiger partial charge in [-0.15, -0.1) is 0 Å². The van der Waals surface area contributed by atoms with Crippen LogP contribution in [0.1, 0.15) is 44.0 Å². The fraction of sp³-hybridized carbons (Fsp3) is 0.500. The normalized spacial score (nSPS) is 16.0. The predicted molar refractivity (Wildman–Crippen MR) is 99.4 cm³/mol. The number of likely N-dealkylation sites (tertiary alicyclic amines) is 1. The van der Waals surface area contributed by atoms with Gasteiger partial charge in [-0.3, -0.25) is 0 Å². The highest BCUT2D eigenvalue weighted by atomic mass is 16.6. The van der Waals surface area contributed by atoms with Crippen LogP contribution in [0.5, 0.6) is 0 Å². The van der Waals surface area contributed by atoms with E-state index >= 15 is 0 Å². The third-order valence-corrected chi connectivity index (χ3v) is 4.74. The van der Waals surface area contributed by atoms with Gasteiger partial charge in [-0.1, -0.05) is 12.1 Å². The van der Waals surface area contributed by atoms with Crippen molar-refractivity contribution in [2.75, 3.05) is 13.1 Å². The summed E-state index contributed by atoms with van der Waals surface area (Å²) in [6, 6.07) is 7.31. The lowest BCUT2D eigenvalue weighted by molar-refractivity contribution is 0.0178. The number of piperidine rings is 1. The van der Waals surface area contributed by atoms with Gasteiger partial charge in [0.25, 0.3) is 0 Å². The van der Waals surface area contributed by atoms with Crippen LogP contribution in [-0.2, 0) is 11.3 Å². The van der Waals surface area contributed by atoms with Crippen molar-refractivity contribution in [2.24, 2.45) is 5.92 Å². The molecule has 0 bridgehead atoms. The van der Waals surface area contributed by atoms with Crippen LogP contribution in [0.25, 0.3) is 10.9 Å². The molecule has 6 nitrogen and oxygen atoms in total. The largest absolute Gasteiger partial charge is 0.478 e. The highest BCUT2D eigenvalue weighted by molar-refractivity contribution is 6.02. The van der Waals surface area contributed by atoms with Crippen LogP contribution in [0.2, 0.25) is 0 Å². The maximum absolute atomic E-state index is 12.2. The highest BCUT2D eigenvalue weighted by Gasteiger charge is 2.27. The van der Waals surface area contributed by atoms with Crippen LogP contribution in [0.3, 0.4) is 0 Å². The van der Waals surface area contributed by atoms with Crippen molar-refractivity contribution in [1.29, 1.82) is 0 Å². The van der Waals surface area contributed by atoms with Crippen molar-refractivity contribution >= 4 is 23.0 Å². The summed E-state index contributed by atoms with van der Waals surface area (Å²) < 4.78 is 7.47. The van der Waals surface area contributed by atoms with Gasteiger partial charge in [-0.05, 0) is 51.7 Å². The van der Waals surface area contributed by atoms with Gasteiger partial charge in [-0.2, -0.15) is 0 Å². The van der Waals surface area contributed by atoms with E-state index in [0.29, 0.717) is 24.6 Å². The van der Waals surface area contributed by atoms with E-state index in [-0.39, 0.29) is 6.09 Å². The first-order valence-corrected chi connectivity index (χ1v) is 9.03. The lowest BCUT2D eigenvalue weighted by Crippen LogP contribution is -2.42. The molecule has 26 heavy (non-hydrogen) atoms. The van der Waals surface area contributed by atoms with Crippen molar-refractivity contribution in [1.82, 2.24) is 9.47 Å². The van der Waals surface area contributed by atoms with E-state index in [2.05, 4.69) is 0 Å². The number of carbonyl (C=O) groups is 2. The van der Waals surface area contributed by atoms with Crippen molar-refractivity contribution < 1.29 is 19.4 Å². The second-order valence-electron chi connectivity index (χ2n) is 7.93. The Morgan fingerprint density at radius 1 is 1.19 bits per heavy atom. The summed E-state index contributed by atoms with van der Waals surface area (Å²) in [6.45, 7) is 7.71. The van der Waals surface area contributed by atoms with E-state index in [1.807, 2.05) is 43.7 Å². The quantitative estimate of drug-likeness (QED) is 0.900. The van der Waals surface area contributed by atoms with Gasteiger partial charge in [0.05, 0.1) is 11.1 Å². The molecule has 0 atom stereocenters. The van der Waals surface area contributed by atoms with Crippen LogP contribution in [0.15, 0.2) is 30.5 Å². The average molecular weight is 358 g/mol. The molecule has 3 rings (SSSR count). The number of rotatable bonds is 3. The van der Waals surface area contributed by atoms with E-state index < -0.39 is 11.6 Å². The molecule has 2 aromatic rings. The van der Waals surface area contributed by atoms with E-state index in [0.717, 1.165) is 30.3 Å². The molecule has 1 aliphatic rings. The highest BCUT2D eigenvalue weighted by Crippen LogP contribution is 2.26. The molecule has 1 saturated heterocycles. The third kappa shape index (κ3) is 4.00. The number of carboxylic acid groups (broad SMARTS) is 1. The maximum atomic E-state index is 12.2. The number of fused-ring (bicyclic) bond motifs is 1. The number of carboxylic acids is 1. The van der Waals surface area contributed by atoms with Crippen molar-refractivity contribution in [3.05, 3.63) is 36.0 Å². The number of benzene rings is 1. The Hall–Kier alpha value is -2.50. The minimum atomic E-state index is -0.907. The Labute approximate surface area is 153 Å². The molecule has 0 radical (unpaired) electrons. The number of para-hydroxylation sites is 1. The zero-order valence-electron chi connectivity index (χ0n) is 15.6. The molecular formula is C20H26N2O4. The second-order valence-corrected chi connectivity index (χ2v) is 7.93. The molecule has 6 heteroatoms. The van der Waals surface area contributed by atoms with Crippen LogP contribution in [0.4, 0.5) is 4.79 Å². The van der Waals surface area contributed by atoms with E-state index in [4.69, 9.17) is 4.74 Å². The second kappa shape index (κ2) is 7.02. The summed E-state index contributed by atoms with van der Waals surface area (Å²) in [4.78, 5) is 25.4. The Morgan fingerprint density at radius 2 is 1.88 bits per heavy atom. The van der Waals surface area contributed by atoms with E-state index in [1.165, 1.54) is 0 Å².